The summed E-state index contributed by atoms with van der Waals surface area (Å²) in [5.41, 5.74) is -0.829. The molecular formula is C12H14FNO4. The lowest BCUT2D eigenvalue weighted by Crippen LogP contribution is -2.21. The third-order valence-electron chi connectivity index (χ3n) is 2.61. The maximum atomic E-state index is 13.0. The summed E-state index contributed by atoms with van der Waals surface area (Å²) in [6.45, 7) is 5.36. The second-order valence-electron chi connectivity index (χ2n) is 4.27. The second-order valence-corrected chi connectivity index (χ2v) is 4.27. The maximum Gasteiger partial charge on any atom is 0.345 e. The van der Waals surface area contributed by atoms with Crippen LogP contribution < -0.4 is 0 Å². The third-order valence-corrected chi connectivity index (χ3v) is 2.61. The first kappa shape index (κ1) is 14.1. The summed E-state index contributed by atoms with van der Waals surface area (Å²) < 4.78 is 18.1. The molecule has 0 amide bonds. The lowest BCUT2D eigenvalue weighted by atomic mass is 10.1. The van der Waals surface area contributed by atoms with Gasteiger partial charge in [-0.25, -0.2) is 9.18 Å². The molecule has 5 nitrogen and oxygen atoms in total. The number of nitro benzene ring substituents is 1. The summed E-state index contributed by atoms with van der Waals surface area (Å²) >= 11 is 0. The molecule has 0 bridgehead atoms. The lowest BCUT2D eigenvalue weighted by Gasteiger charge is -2.16. The van der Waals surface area contributed by atoms with Crippen LogP contribution >= 0.6 is 0 Å². The average Bonchev–Trinajstić information content (AvgIpc) is 2.28. The number of benzene rings is 1. The van der Waals surface area contributed by atoms with Gasteiger partial charge in [0.15, 0.2) is 0 Å². The number of nitro groups is 1. The molecule has 1 atom stereocenters. The van der Waals surface area contributed by atoms with E-state index in [9.17, 15) is 19.3 Å². The predicted octanol–water partition coefficient (Wildman–Crippen LogP) is 2.94. The van der Waals surface area contributed by atoms with E-state index >= 15 is 0 Å². The van der Waals surface area contributed by atoms with Gasteiger partial charge < -0.3 is 4.74 Å². The zero-order valence-electron chi connectivity index (χ0n) is 10.3. The van der Waals surface area contributed by atoms with E-state index in [1.54, 1.807) is 6.92 Å². The van der Waals surface area contributed by atoms with Crippen LogP contribution in [0.3, 0.4) is 0 Å². The van der Waals surface area contributed by atoms with Gasteiger partial charge in [-0.05, 0) is 25.0 Å². The average molecular weight is 255 g/mol. The number of halogens is 1. The Morgan fingerprint density at radius 2 is 2.00 bits per heavy atom. The van der Waals surface area contributed by atoms with E-state index in [4.69, 9.17) is 4.74 Å². The smallest absolute Gasteiger partial charge is 0.345 e. The number of carbonyl (C=O) groups is 1. The molecule has 1 aromatic carbocycles. The number of ether oxygens (including phenoxy) is 1. The van der Waals surface area contributed by atoms with Gasteiger partial charge in [0.2, 0.25) is 0 Å². The van der Waals surface area contributed by atoms with Gasteiger partial charge >= 0.3 is 5.97 Å². The van der Waals surface area contributed by atoms with Gasteiger partial charge in [-0.1, -0.05) is 13.8 Å². The number of rotatable bonds is 4. The minimum Gasteiger partial charge on any atom is -0.459 e. The molecule has 0 aliphatic carbocycles. The topological polar surface area (TPSA) is 69.4 Å². The molecule has 0 saturated heterocycles. The Hall–Kier alpha value is -1.98. The van der Waals surface area contributed by atoms with Crippen molar-refractivity contribution in [1.82, 2.24) is 0 Å². The maximum absolute atomic E-state index is 13.0. The fraction of sp³-hybridized carbons (Fsp3) is 0.417. The Morgan fingerprint density at radius 3 is 2.50 bits per heavy atom. The van der Waals surface area contributed by atoms with E-state index in [1.165, 1.54) is 0 Å². The Morgan fingerprint density at radius 1 is 1.39 bits per heavy atom. The first-order valence-electron chi connectivity index (χ1n) is 5.48. The quantitative estimate of drug-likeness (QED) is 0.471. The molecule has 0 fully saturated rings. The summed E-state index contributed by atoms with van der Waals surface area (Å²) in [6.07, 6.45) is -0.402. The van der Waals surface area contributed by atoms with Crippen molar-refractivity contribution < 1.29 is 18.8 Å². The van der Waals surface area contributed by atoms with Crippen molar-refractivity contribution in [2.75, 3.05) is 0 Å². The fourth-order valence-electron chi connectivity index (χ4n) is 1.20. The van der Waals surface area contributed by atoms with Crippen molar-refractivity contribution in [2.24, 2.45) is 5.92 Å². The summed E-state index contributed by atoms with van der Waals surface area (Å²) in [7, 11) is 0. The third kappa shape index (κ3) is 3.26. The van der Waals surface area contributed by atoms with E-state index in [0.29, 0.717) is 0 Å². The van der Waals surface area contributed by atoms with Crippen molar-refractivity contribution >= 4 is 11.7 Å². The van der Waals surface area contributed by atoms with Crippen molar-refractivity contribution in [3.05, 3.63) is 39.7 Å². The molecule has 0 saturated carbocycles. The highest BCUT2D eigenvalue weighted by atomic mass is 19.1. The molecule has 0 spiro atoms. The summed E-state index contributed by atoms with van der Waals surface area (Å²) in [6, 6.07) is 2.69. The summed E-state index contributed by atoms with van der Waals surface area (Å²) in [5, 5.41) is 10.7. The van der Waals surface area contributed by atoms with E-state index < -0.39 is 28.5 Å². The fourth-order valence-corrected chi connectivity index (χ4v) is 1.20. The van der Waals surface area contributed by atoms with Crippen LogP contribution in [0.4, 0.5) is 10.1 Å². The molecule has 98 valence electrons. The SMILES string of the molecule is CC(C)C(C)OC(=O)c1cc(F)ccc1[N+](=O)[O-]. The highest BCUT2D eigenvalue weighted by molar-refractivity contribution is 5.94. The molecule has 0 radical (unpaired) electrons. The van der Waals surface area contributed by atoms with Crippen LogP contribution in [-0.2, 0) is 4.74 Å². The molecule has 1 rings (SSSR count). The van der Waals surface area contributed by atoms with Crippen LogP contribution in [0.15, 0.2) is 18.2 Å². The Bertz CT molecular complexity index is 473. The number of carbonyl (C=O) groups excluding carboxylic acids is 1. The number of nitrogens with zero attached hydrogens (tertiary/aromatic N) is 1. The van der Waals surface area contributed by atoms with Crippen molar-refractivity contribution in [2.45, 2.75) is 26.9 Å². The zero-order chi connectivity index (χ0) is 13.9. The number of hydrogen-bond acceptors (Lipinski definition) is 4. The van der Waals surface area contributed by atoms with Crippen molar-refractivity contribution in [3.8, 4) is 0 Å². The van der Waals surface area contributed by atoms with Crippen LogP contribution in [0, 0.1) is 21.8 Å². The van der Waals surface area contributed by atoms with Crippen molar-refractivity contribution in [3.63, 3.8) is 0 Å². The second kappa shape index (κ2) is 5.57. The van der Waals surface area contributed by atoms with Gasteiger partial charge in [-0.15, -0.1) is 0 Å². The van der Waals surface area contributed by atoms with E-state index in [0.717, 1.165) is 18.2 Å². The van der Waals surface area contributed by atoms with Crippen molar-refractivity contribution in [1.29, 1.82) is 0 Å². The molecule has 18 heavy (non-hydrogen) atoms. The van der Waals surface area contributed by atoms with Gasteiger partial charge in [0.05, 0.1) is 4.92 Å². The van der Waals surface area contributed by atoms with Gasteiger partial charge in [0.25, 0.3) is 5.69 Å². The normalized spacial score (nSPS) is 12.3. The largest absolute Gasteiger partial charge is 0.459 e. The number of hydrogen-bond donors (Lipinski definition) is 0. The summed E-state index contributed by atoms with van der Waals surface area (Å²) in [5.74, 6) is -1.53. The van der Waals surface area contributed by atoms with Gasteiger partial charge in [0, 0.05) is 6.07 Å². The highest BCUT2D eigenvalue weighted by Gasteiger charge is 2.24. The molecule has 0 aromatic heterocycles. The molecule has 0 heterocycles. The molecule has 1 aromatic rings. The van der Waals surface area contributed by atoms with Crippen LogP contribution in [0.5, 0.6) is 0 Å². The summed E-state index contributed by atoms with van der Waals surface area (Å²) in [4.78, 5) is 21.7. The van der Waals surface area contributed by atoms with E-state index in [-0.39, 0.29) is 11.5 Å². The van der Waals surface area contributed by atoms with E-state index in [1.807, 2.05) is 13.8 Å². The van der Waals surface area contributed by atoms with Gasteiger partial charge in [0.1, 0.15) is 17.5 Å². The van der Waals surface area contributed by atoms with Crippen LogP contribution in [0.2, 0.25) is 0 Å². The minimum atomic E-state index is -0.887. The number of esters is 1. The first-order valence-corrected chi connectivity index (χ1v) is 5.48. The van der Waals surface area contributed by atoms with Crippen LogP contribution in [0.1, 0.15) is 31.1 Å². The lowest BCUT2D eigenvalue weighted by molar-refractivity contribution is -0.385. The molecular weight excluding hydrogens is 241 g/mol. The highest BCUT2D eigenvalue weighted by Crippen LogP contribution is 2.21. The van der Waals surface area contributed by atoms with Gasteiger partial charge in [-0.3, -0.25) is 10.1 Å². The Kier molecular flexibility index (Phi) is 4.36. The molecule has 0 aliphatic rings. The standard InChI is InChI=1S/C12H14FNO4/c1-7(2)8(3)18-12(15)10-6-9(13)4-5-11(10)14(16)17/h4-8H,1-3H3. The van der Waals surface area contributed by atoms with Crippen LogP contribution in [0.25, 0.3) is 0 Å². The van der Waals surface area contributed by atoms with Crippen LogP contribution in [-0.4, -0.2) is 17.0 Å². The molecule has 6 heteroatoms. The molecule has 0 aliphatic heterocycles. The zero-order valence-corrected chi connectivity index (χ0v) is 10.3. The first-order chi connectivity index (χ1) is 8.32. The Labute approximate surface area is 104 Å². The van der Waals surface area contributed by atoms with Gasteiger partial charge in [-0.2, -0.15) is 0 Å². The minimum absolute atomic E-state index is 0.0709. The monoisotopic (exact) mass is 255 g/mol. The predicted molar refractivity (Wildman–Crippen MR) is 62.8 cm³/mol. The molecule has 1 unspecified atom stereocenters. The Balaban J connectivity index is 3.04. The molecule has 0 N–H and O–H groups in total. The van der Waals surface area contributed by atoms with E-state index in [2.05, 4.69) is 0 Å².